The predicted molar refractivity (Wildman–Crippen MR) is 266 cm³/mol. The number of rotatable bonds is 49. The second-order valence-electron chi connectivity index (χ2n) is 17.4. The summed E-state index contributed by atoms with van der Waals surface area (Å²) in [5.41, 5.74) is 5.37. The van der Waals surface area contributed by atoms with E-state index in [1.807, 2.05) is 0 Å². The van der Waals surface area contributed by atoms with Crippen molar-refractivity contribution < 1.29 is 37.6 Å². The third kappa shape index (κ3) is 49.2. The number of allylic oxidation sites excluding steroid dienone is 8. The van der Waals surface area contributed by atoms with Crippen molar-refractivity contribution in [2.75, 3.05) is 26.4 Å². The Morgan fingerprint density at radius 1 is 0.492 bits per heavy atom. The molecule has 63 heavy (non-hydrogen) atoms. The maximum absolute atomic E-state index is 12.7. The van der Waals surface area contributed by atoms with Crippen LogP contribution >= 0.6 is 7.82 Å². The third-order valence-electron chi connectivity index (χ3n) is 11.2. The van der Waals surface area contributed by atoms with E-state index in [1.165, 1.54) is 148 Å². The average Bonchev–Trinajstić information content (AvgIpc) is 3.27. The van der Waals surface area contributed by atoms with Crippen LogP contribution in [0.3, 0.4) is 0 Å². The molecule has 3 N–H and O–H groups in total. The van der Waals surface area contributed by atoms with Crippen LogP contribution in [0.25, 0.3) is 0 Å². The fraction of sp³-hybridized carbons (Fsp3) is 0.811. The van der Waals surface area contributed by atoms with Crippen LogP contribution in [0.1, 0.15) is 245 Å². The number of nitrogens with two attached hydrogens (primary N) is 1. The van der Waals surface area contributed by atoms with E-state index in [1.54, 1.807) is 0 Å². The van der Waals surface area contributed by atoms with E-state index in [2.05, 4.69) is 62.5 Å². The Balaban J connectivity index is 4.01. The van der Waals surface area contributed by atoms with Crippen LogP contribution < -0.4 is 5.73 Å². The first kappa shape index (κ1) is 61.0. The van der Waals surface area contributed by atoms with Crippen LogP contribution in [-0.4, -0.2) is 49.3 Å². The van der Waals surface area contributed by atoms with Crippen LogP contribution in [0.4, 0.5) is 0 Å². The van der Waals surface area contributed by atoms with Crippen LogP contribution in [0, 0.1) is 0 Å². The molecule has 2 atom stereocenters. The van der Waals surface area contributed by atoms with E-state index in [0.29, 0.717) is 6.42 Å². The van der Waals surface area contributed by atoms with E-state index >= 15 is 0 Å². The van der Waals surface area contributed by atoms with Crippen LogP contribution in [0.2, 0.25) is 0 Å². The van der Waals surface area contributed by atoms with Gasteiger partial charge in [-0.25, -0.2) is 4.57 Å². The molecule has 0 bridgehead atoms. The van der Waals surface area contributed by atoms with Crippen molar-refractivity contribution in [3.63, 3.8) is 0 Å². The molecule has 0 saturated heterocycles. The lowest BCUT2D eigenvalue weighted by Gasteiger charge is -2.19. The second kappa shape index (κ2) is 49.4. The minimum absolute atomic E-state index is 0.0535. The zero-order valence-corrected chi connectivity index (χ0v) is 41.7. The fourth-order valence-corrected chi connectivity index (χ4v) is 8.16. The molecular weight excluding hydrogens is 810 g/mol. The van der Waals surface area contributed by atoms with Gasteiger partial charge >= 0.3 is 19.8 Å². The Morgan fingerprint density at radius 2 is 0.873 bits per heavy atom. The van der Waals surface area contributed by atoms with Crippen molar-refractivity contribution >= 4 is 19.8 Å². The van der Waals surface area contributed by atoms with Gasteiger partial charge in [-0.05, 0) is 51.4 Å². The molecule has 0 saturated carbocycles. The predicted octanol–water partition coefficient (Wildman–Crippen LogP) is 15.8. The molecule has 0 aromatic rings. The lowest BCUT2D eigenvalue weighted by Crippen LogP contribution is -2.29. The van der Waals surface area contributed by atoms with Gasteiger partial charge in [0.25, 0.3) is 0 Å². The molecule has 0 rings (SSSR count). The topological polar surface area (TPSA) is 134 Å². The highest BCUT2D eigenvalue weighted by Gasteiger charge is 2.26. The molecule has 0 aliphatic carbocycles. The Morgan fingerprint density at radius 3 is 1.30 bits per heavy atom. The molecule has 9 nitrogen and oxygen atoms in total. The van der Waals surface area contributed by atoms with Gasteiger partial charge in [-0.1, -0.05) is 229 Å². The van der Waals surface area contributed by atoms with Crippen molar-refractivity contribution in [3.05, 3.63) is 48.6 Å². The van der Waals surface area contributed by atoms with Gasteiger partial charge in [-0.15, -0.1) is 0 Å². The minimum atomic E-state index is -4.38. The summed E-state index contributed by atoms with van der Waals surface area (Å²) in [5.74, 6) is -0.820. The molecule has 0 fully saturated rings. The summed E-state index contributed by atoms with van der Waals surface area (Å²) in [6, 6.07) is 0. The molecule has 0 aliphatic rings. The van der Waals surface area contributed by atoms with Gasteiger partial charge in [0.15, 0.2) is 6.10 Å². The molecule has 368 valence electrons. The van der Waals surface area contributed by atoms with Crippen molar-refractivity contribution in [2.24, 2.45) is 5.73 Å². The number of carbonyl (C=O) groups is 2. The maximum Gasteiger partial charge on any atom is 0.472 e. The quantitative estimate of drug-likeness (QED) is 0.0265. The van der Waals surface area contributed by atoms with E-state index in [0.717, 1.165) is 64.2 Å². The van der Waals surface area contributed by atoms with E-state index in [4.69, 9.17) is 24.3 Å². The zero-order chi connectivity index (χ0) is 46.0. The fourth-order valence-electron chi connectivity index (χ4n) is 7.39. The number of ether oxygens (including phenoxy) is 2. The molecule has 0 radical (unpaired) electrons. The summed E-state index contributed by atoms with van der Waals surface area (Å²) in [6.07, 6.45) is 58.6. The van der Waals surface area contributed by atoms with E-state index in [-0.39, 0.29) is 38.6 Å². The Kier molecular flexibility index (Phi) is 47.8. The largest absolute Gasteiger partial charge is 0.472 e. The van der Waals surface area contributed by atoms with Gasteiger partial charge < -0.3 is 20.1 Å². The highest BCUT2D eigenvalue weighted by Crippen LogP contribution is 2.43. The first-order valence-corrected chi connectivity index (χ1v) is 27.6. The third-order valence-corrected chi connectivity index (χ3v) is 12.2. The van der Waals surface area contributed by atoms with E-state index < -0.39 is 26.5 Å². The van der Waals surface area contributed by atoms with Gasteiger partial charge in [0.2, 0.25) is 0 Å². The van der Waals surface area contributed by atoms with Gasteiger partial charge in [0.05, 0.1) is 13.2 Å². The molecule has 2 unspecified atom stereocenters. The van der Waals surface area contributed by atoms with Gasteiger partial charge in [0.1, 0.15) is 6.61 Å². The Bertz CT molecular complexity index is 1170. The van der Waals surface area contributed by atoms with Crippen LogP contribution in [0.5, 0.6) is 0 Å². The van der Waals surface area contributed by atoms with Gasteiger partial charge in [-0.3, -0.25) is 18.6 Å². The monoisotopic (exact) mass is 908 g/mol. The molecule has 0 aromatic carbocycles. The first-order valence-electron chi connectivity index (χ1n) is 26.1. The van der Waals surface area contributed by atoms with Crippen molar-refractivity contribution in [1.82, 2.24) is 0 Å². The summed E-state index contributed by atoms with van der Waals surface area (Å²) in [4.78, 5) is 35.1. The molecule has 0 heterocycles. The summed E-state index contributed by atoms with van der Waals surface area (Å²) < 4.78 is 33.0. The van der Waals surface area contributed by atoms with E-state index in [9.17, 15) is 19.0 Å². The molecule has 0 aliphatic heterocycles. The second-order valence-corrected chi connectivity index (χ2v) is 18.8. The summed E-state index contributed by atoms with van der Waals surface area (Å²) in [6.45, 7) is 3.66. The average molecular weight is 908 g/mol. The molecule has 0 spiro atoms. The number of hydrogen-bond acceptors (Lipinski definition) is 8. The number of esters is 2. The molecule has 0 aromatic heterocycles. The summed E-state index contributed by atoms with van der Waals surface area (Å²) >= 11 is 0. The number of unbranched alkanes of at least 4 members (excludes halogenated alkanes) is 28. The highest BCUT2D eigenvalue weighted by atomic mass is 31.2. The lowest BCUT2D eigenvalue weighted by molar-refractivity contribution is -0.161. The number of phosphoric ester groups is 1. The maximum atomic E-state index is 12.7. The number of phosphoric acid groups is 1. The SMILES string of the molecule is CC/C=C\C/C=C\C/C=C\C/C=C\CCCCCCCCCCCCCCC(=O)OC(COC(=O)CCCCCCCCCCCCCCCCCCC)COP(=O)(O)OCCN. The summed E-state index contributed by atoms with van der Waals surface area (Å²) in [5, 5.41) is 0. The normalized spacial score (nSPS) is 13.5. The van der Waals surface area contributed by atoms with Crippen molar-refractivity contribution in [1.29, 1.82) is 0 Å². The Hall–Kier alpha value is -2.03. The van der Waals surface area contributed by atoms with Crippen LogP contribution in [0.15, 0.2) is 48.6 Å². The number of hydrogen-bond donors (Lipinski definition) is 2. The lowest BCUT2D eigenvalue weighted by atomic mass is 10.0. The number of carbonyl (C=O) groups excluding carboxylic acids is 2. The highest BCUT2D eigenvalue weighted by molar-refractivity contribution is 7.47. The molecular formula is C53H98NO8P. The first-order chi connectivity index (χ1) is 30.8. The standard InChI is InChI=1S/C53H98NO8P/c1-3-5-7-9-11-13-15-17-19-21-22-23-24-25-26-27-28-30-32-34-36-38-40-42-44-46-53(56)62-51(50-61-63(57,58)60-48-47-54)49-59-52(55)45-43-41-39-37-35-33-31-29-20-18-16-14-12-10-8-6-4-2/h5,7,11,13,17,19,22-23,51H,3-4,6,8-10,12,14-16,18,20-21,24-50,54H2,1-2H3,(H,57,58)/b7-5-,13-11-,19-17-,23-22-. The molecule has 0 amide bonds. The van der Waals surface area contributed by atoms with Crippen molar-refractivity contribution in [3.8, 4) is 0 Å². The smallest absolute Gasteiger partial charge is 0.462 e. The molecule has 10 heteroatoms. The van der Waals surface area contributed by atoms with Crippen LogP contribution in [-0.2, 0) is 32.7 Å². The van der Waals surface area contributed by atoms with Crippen molar-refractivity contribution in [2.45, 2.75) is 251 Å². The van der Waals surface area contributed by atoms with Gasteiger partial charge in [0, 0.05) is 19.4 Å². The minimum Gasteiger partial charge on any atom is -0.462 e. The zero-order valence-electron chi connectivity index (χ0n) is 40.8. The van der Waals surface area contributed by atoms with Gasteiger partial charge in [-0.2, -0.15) is 0 Å². The Labute approximate surface area is 387 Å². The summed E-state index contributed by atoms with van der Waals surface area (Å²) in [7, 11) is -4.38.